The maximum Gasteiger partial charge on any atom is 0.143 e. The van der Waals surface area contributed by atoms with Gasteiger partial charge in [-0.05, 0) is 27.8 Å². The van der Waals surface area contributed by atoms with E-state index in [1.165, 1.54) is 6.33 Å². The number of halogens is 1. The van der Waals surface area contributed by atoms with Gasteiger partial charge in [0.05, 0.1) is 10.6 Å². The van der Waals surface area contributed by atoms with E-state index in [0.717, 1.165) is 10.9 Å². The molecule has 0 saturated carbocycles. The Balaban J connectivity index is 2.43. The molecule has 0 bridgehead atoms. The molecule has 16 heavy (non-hydrogen) atoms. The van der Waals surface area contributed by atoms with Gasteiger partial charge in [0.1, 0.15) is 12.1 Å². The second-order valence-electron chi connectivity index (χ2n) is 5.02. The fourth-order valence-corrected chi connectivity index (χ4v) is 1.80. The Morgan fingerprint density at radius 1 is 1.50 bits per heavy atom. The molecule has 0 aliphatic carbocycles. The largest absolute Gasteiger partial charge is 0.391 e. The van der Waals surface area contributed by atoms with Crippen molar-refractivity contribution in [2.24, 2.45) is 5.41 Å². The SMILES string of the molecule is CC(C)(C)CC(O)CNc1ncncc1Br. The third-order valence-electron chi connectivity index (χ3n) is 2.02. The van der Waals surface area contributed by atoms with E-state index in [9.17, 15) is 5.11 Å². The van der Waals surface area contributed by atoms with E-state index in [1.807, 2.05) is 0 Å². The zero-order chi connectivity index (χ0) is 12.2. The molecule has 0 aromatic carbocycles. The molecule has 1 atom stereocenters. The van der Waals surface area contributed by atoms with Crippen molar-refractivity contribution in [1.29, 1.82) is 0 Å². The summed E-state index contributed by atoms with van der Waals surface area (Å²) in [6.07, 6.45) is 3.53. The Hall–Kier alpha value is -0.680. The molecule has 90 valence electrons. The maximum atomic E-state index is 9.82. The van der Waals surface area contributed by atoms with E-state index in [1.54, 1.807) is 6.20 Å². The van der Waals surface area contributed by atoms with Crippen molar-refractivity contribution in [3.63, 3.8) is 0 Å². The molecule has 0 radical (unpaired) electrons. The van der Waals surface area contributed by atoms with Crippen LogP contribution in [-0.4, -0.2) is 27.7 Å². The van der Waals surface area contributed by atoms with Gasteiger partial charge in [-0.2, -0.15) is 0 Å². The van der Waals surface area contributed by atoms with Crippen molar-refractivity contribution in [3.8, 4) is 0 Å². The molecule has 1 unspecified atom stereocenters. The normalized spacial score (nSPS) is 13.6. The summed E-state index contributed by atoms with van der Waals surface area (Å²) in [5.74, 6) is 0.711. The number of aliphatic hydroxyl groups is 1. The van der Waals surface area contributed by atoms with E-state index < -0.39 is 0 Å². The Labute approximate surface area is 105 Å². The smallest absolute Gasteiger partial charge is 0.143 e. The number of anilines is 1. The first kappa shape index (κ1) is 13.4. The highest BCUT2D eigenvalue weighted by atomic mass is 79.9. The van der Waals surface area contributed by atoms with Gasteiger partial charge in [-0.3, -0.25) is 0 Å². The van der Waals surface area contributed by atoms with Gasteiger partial charge in [-0.1, -0.05) is 20.8 Å². The lowest BCUT2D eigenvalue weighted by Crippen LogP contribution is -2.25. The van der Waals surface area contributed by atoms with E-state index in [-0.39, 0.29) is 11.5 Å². The molecule has 0 aliphatic rings. The van der Waals surface area contributed by atoms with Crippen LogP contribution in [0.1, 0.15) is 27.2 Å². The van der Waals surface area contributed by atoms with Crippen molar-refractivity contribution < 1.29 is 5.11 Å². The molecule has 0 aliphatic heterocycles. The van der Waals surface area contributed by atoms with Crippen LogP contribution < -0.4 is 5.32 Å². The second kappa shape index (κ2) is 5.59. The average Bonchev–Trinajstić information content (AvgIpc) is 2.14. The van der Waals surface area contributed by atoms with Crippen LogP contribution >= 0.6 is 15.9 Å². The van der Waals surface area contributed by atoms with Crippen LogP contribution in [0.25, 0.3) is 0 Å². The molecular formula is C11H18BrN3O. The predicted molar refractivity (Wildman–Crippen MR) is 68.3 cm³/mol. The van der Waals surface area contributed by atoms with Crippen LogP contribution in [-0.2, 0) is 0 Å². The zero-order valence-corrected chi connectivity index (χ0v) is 11.5. The van der Waals surface area contributed by atoms with E-state index in [0.29, 0.717) is 12.4 Å². The minimum atomic E-state index is -0.373. The lowest BCUT2D eigenvalue weighted by molar-refractivity contribution is 0.132. The molecular weight excluding hydrogens is 270 g/mol. The first-order valence-electron chi connectivity index (χ1n) is 5.26. The average molecular weight is 288 g/mol. The molecule has 1 aromatic rings. The molecule has 0 fully saturated rings. The Bertz CT molecular complexity index is 338. The van der Waals surface area contributed by atoms with Crippen molar-refractivity contribution in [1.82, 2.24) is 9.97 Å². The topological polar surface area (TPSA) is 58.0 Å². The van der Waals surface area contributed by atoms with Crippen molar-refractivity contribution >= 4 is 21.7 Å². The number of aliphatic hydroxyl groups excluding tert-OH is 1. The van der Waals surface area contributed by atoms with Gasteiger partial charge in [0.15, 0.2) is 0 Å². The lowest BCUT2D eigenvalue weighted by Gasteiger charge is -2.22. The molecule has 4 nitrogen and oxygen atoms in total. The number of hydrogen-bond donors (Lipinski definition) is 2. The van der Waals surface area contributed by atoms with Gasteiger partial charge in [0.25, 0.3) is 0 Å². The van der Waals surface area contributed by atoms with Gasteiger partial charge in [0.2, 0.25) is 0 Å². The maximum absolute atomic E-state index is 9.82. The second-order valence-corrected chi connectivity index (χ2v) is 5.87. The Morgan fingerprint density at radius 3 is 2.75 bits per heavy atom. The summed E-state index contributed by atoms with van der Waals surface area (Å²) in [5.41, 5.74) is 0.129. The van der Waals surface area contributed by atoms with Gasteiger partial charge in [0, 0.05) is 12.7 Å². The quantitative estimate of drug-likeness (QED) is 0.893. The number of rotatable bonds is 4. The third kappa shape index (κ3) is 4.90. The molecule has 1 aromatic heterocycles. The fraction of sp³-hybridized carbons (Fsp3) is 0.636. The van der Waals surface area contributed by atoms with Gasteiger partial charge in [-0.25, -0.2) is 9.97 Å². The van der Waals surface area contributed by atoms with Crippen LogP contribution in [0.3, 0.4) is 0 Å². The highest BCUT2D eigenvalue weighted by molar-refractivity contribution is 9.10. The van der Waals surface area contributed by atoms with E-state index in [4.69, 9.17) is 0 Å². The monoisotopic (exact) mass is 287 g/mol. The summed E-state index contributed by atoms with van der Waals surface area (Å²) < 4.78 is 0.804. The molecule has 1 heterocycles. The minimum absolute atomic E-state index is 0.129. The van der Waals surface area contributed by atoms with Crippen LogP contribution in [0.2, 0.25) is 0 Å². The molecule has 0 spiro atoms. The van der Waals surface area contributed by atoms with Crippen LogP contribution in [0.4, 0.5) is 5.82 Å². The number of aromatic nitrogens is 2. The first-order valence-corrected chi connectivity index (χ1v) is 6.05. The highest BCUT2D eigenvalue weighted by Gasteiger charge is 2.16. The summed E-state index contributed by atoms with van der Waals surface area (Å²) in [7, 11) is 0. The summed E-state index contributed by atoms with van der Waals surface area (Å²) >= 11 is 3.34. The zero-order valence-electron chi connectivity index (χ0n) is 9.87. The molecule has 1 rings (SSSR count). The van der Waals surface area contributed by atoms with E-state index in [2.05, 4.69) is 52.0 Å². The lowest BCUT2D eigenvalue weighted by atomic mass is 9.89. The molecule has 5 heteroatoms. The van der Waals surface area contributed by atoms with Crippen molar-refractivity contribution in [3.05, 3.63) is 17.0 Å². The van der Waals surface area contributed by atoms with Crippen molar-refractivity contribution in [2.75, 3.05) is 11.9 Å². The summed E-state index contributed by atoms with van der Waals surface area (Å²) in [6.45, 7) is 6.82. The van der Waals surface area contributed by atoms with Gasteiger partial charge >= 0.3 is 0 Å². The molecule has 0 saturated heterocycles. The Kier molecular flexibility index (Phi) is 4.68. The van der Waals surface area contributed by atoms with Crippen LogP contribution in [0.15, 0.2) is 17.0 Å². The number of hydrogen-bond acceptors (Lipinski definition) is 4. The van der Waals surface area contributed by atoms with Crippen molar-refractivity contribution in [2.45, 2.75) is 33.3 Å². The summed E-state index contributed by atoms with van der Waals surface area (Å²) in [4.78, 5) is 7.94. The predicted octanol–water partition coefficient (Wildman–Crippen LogP) is 2.45. The first-order chi connectivity index (χ1) is 7.38. The van der Waals surface area contributed by atoms with Gasteiger partial charge < -0.3 is 10.4 Å². The summed E-state index contributed by atoms with van der Waals surface area (Å²) in [6, 6.07) is 0. The van der Waals surface area contributed by atoms with Crippen LogP contribution in [0, 0.1) is 5.41 Å². The highest BCUT2D eigenvalue weighted by Crippen LogP contribution is 2.22. The molecule has 0 amide bonds. The fourth-order valence-electron chi connectivity index (χ4n) is 1.44. The molecule has 2 N–H and O–H groups in total. The Morgan fingerprint density at radius 2 is 2.19 bits per heavy atom. The minimum Gasteiger partial charge on any atom is -0.391 e. The van der Waals surface area contributed by atoms with E-state index >= 15 is 0 Å². The van der Waals surface area contributed by atoms with Gasteiger partial charge in [-0.15, -0.1) is 0 Å². The standard InChI is InChI=1S/C11H18BrN3O/c1-11(2,3)4-8(16)5-14-10-9(12)6-13-7-15-10/h6-8,16H,4-5H2,1-3H3,(H,13,14,15). The number of nitrogens with zero attached hydrogens (tertiary/aromatic N) is 2. The number of nitrogens with one attached hydrogen (secondary N) is 1. The van der Waals surface area contributed by atoms with Crippen LogP contribution in [0.5, 0.6) is 0 Å². The third-order valence-corrected chi connectivity index (χ3v) is 2.60. The summed E-state index contributed by atoms with van der Waals surface area (Å²) in [5, 5.41) is 12.9.